The number of benzene rings is 1. The number of aryl methyl sites for hydroxylation is 1. The van der Waals surface area contributed by atoms with Crippen LogP contribution in [0, 0.1) is 23.2 Å². The van der Waals surface area contributed by atoms with Gasteiger partial charge in [-0.15, -0.1) is 0 Å². The lowest BCUT2D eigenvalue weighted by molar-refractivity contribution is -0.120. The van der Waals surface area contributed by atoms with Crippen LogP contribution in [-0.2, 0) is 11.2 Å². The first-order chi connectivity index (χ1) is 13.4. The maximum absolute atomic E-state index is 12.4. The van der Waals surface area contributed by atoms with Gasteiger partial charge in [-0.3, -0.25) is 4.79 Å². The number of phenolic OH excluding ortho intramolecular Hbond substituents is 1. The van der Waals surface area contributed by atoms with E-state index in [0.717, 1.165) is 45.1 Å². The summed E-state index contributed by atoms with van der Waals surface area (Å²) in [5, 5.41) is 24.2. The van der Waals surface area contributed by atoms with E-state index in [1.807, 2.05) is 12.1 Å². The molecule has 1 aromatic carbocycles. The Hall–Kier alpha value is -1.39. The van der Waals surface area contributed by atoms with Crippen molar-refractivity contribution in [1.29, 1.82) is 0 Å². The van der Waals surface area contributed by atoms with Gasteiger partial charge in [0.05, 0.1) is 12.6 Å². The van der Waals surface area contributed by atoms with Crippen molar-refractivity contribution in [2.24, 2.45) is 23.2 Å². The minimum Gasteiger partial charge on any atom is -0.508 e. The fourth-order valence-electron chi connectivity index (χ4n) is 6.69. The van der Waals surface area contributed by atoms with E-state index >= 15 is 0 Å². The summed E-state index contributed by atoms with van der Waals surface area (Å²) in [5.41, 5.74) is 2.66. The lowest BCUT2D eigenvalue weighted by Crippen LogP contribution is -2.44. The second kappa shape index (κ2) is 7.79. The van der Waals surface area contributed by atoms with Crippen LogP contribution in [0.3, 0.4) is 0 Å². The van der Waals surface area contributed by atoms with Crippen molar-refractivity contribution in [2.75, 3.05) is 13.1 Å². The largest absolute Gasteiger partial charge is 0.508 e. The van der Waals surface area contributed by atoms with Crippen LogP contribution in [0.15, 0.2) is 18.2 Å². The van der Waals surface area contributed by atoms with Gasteiger partial charge in [-0.25, -0.2) is 0 Å². The topological polar surface area (TPSA) is 69.6 Å². The van der Waals surface area contributed by atoms with E-state index in [1.165, 1.54) is 11.1 Å². The molecule has 0 heterocycles. The molecular formula is C24H35NO3. The normalized spacial score (nSPS) is 36.5. The molecule has 0 aromatic heterocycles. The van der Waals surface area contributed by atoms with Crippen molar-refractivity contribution in [3.8, 4) is 5.75 Å². The zero-order valence-electron chi connectivity index (χ0n) is 17.3. The highest BCUT2D eigenvalue weighted by molar-refractivity contribution is 5.80. The SMILES string of the molecule is CCCNCC(=O)CC1CC2C3CCc4cc(O)ccc4C3CC[C@]2(C)[C@H]1O. The van der Waals surface area contributed by atoms with Crippen LogP contribution in [0.2, 0.25) is 0 Å². The fraction of sp³-hybridized carbons (Fsp3) is 0.708. The minimum atomic E-state index is -0.366. The number of aliphatic hydroxyl groups excluding tert-OH is 1. The number of carbonyl (C=O) groups excluding carboxylic acids is 1. The summed E-state index contributed by atoms with van der Waals surface area (Å²) in [5.74, 6) is 2.32. The van der Waals surface area contributed by atoms with Gasteiger partial charge in [-0.05, 0) is 97.4 Å². The van der Waals surface area contributed by atoms with Crippen LogP contribution in [0.1, 0.15) is 69.4 Å². The summed E-state index contributed by atoms with van der Waals surface area (Å²) in [4.78, 5) is 12.4. The standard InChI is InChI=1S/C24H35NO3/c1-3-10-25-14-18(27)12-16-13-22-21-6-4-15-11-17(26)5-7-19(15)20(21)8-9-24(22,2)23(16)28/h5,7,11,16,20-23,25-26,28H,3-4,6,8-10,12-14H2,1-2H3/t16?,20?,21?,22?,23-,24-/m0/s1. The molecule has 2 saturated carbocycles. The fourth-order valence-corrected chi connectivity index (χ4v) is 6.69. The molecule has 4 rings (SSSR count). The third-order valence-electron chi connectivity index (χ3n) is 8.07. The second-order valence-corrected chi connectivity index (χ2v) is 9.70. The molecule has 0 bridgehead atoms. The summed E-state index contributed by atoms with van der Waals surface area (Å²) in [6, 6.07) is 5.88. The Morgan fingerprint density at radius 3 is 2.93 bits per heavy atom. The van der Waals surface area contributed by atoms with Crippen molar-refractivity contribution in [3.63, 3.8) is 0 Å². The van der Waals surface area contributed by atoms with Crippen molar-refractivity contribution < 1.29 is 15.0 Å². The second-order valence-electron chi connectivity index (χ2n) is 9.70. The van der Waals surface area contributed by atoms with Crippen LogP contribution in [0.25, 0.3) is 0 Å². The van der Waals surface area contributed by atoms with Gasteiger partial charge < -0.3 is 15.5 Å². The predicted molar refractivity (Wildman–Crippen MR) is 110 cm³/mol. The van der Waals surface area contributed by atoms with Gasteiger partial charge in [0.25, 0.3) is 0 Å². The molecule has 0 saturated heterocycles. The minimum absolute atomic E-state index is 0.0582. The molecule has 4 unspecified atom stereocenters. The van der Waals surface area contributed by atoms with E-state index in [2.05, 4.69) is 25.2 Å². The number of aliphatic hydroxyl groups is 1. The zero-order chi connectivity index (χ0) is 19.9. The Labute approximate surface area is 168 Å². The number of phenols is 1. The number of ketones is 1. The third kappa shape index (κ3) is 3.39. The van der Waals surface area contributed by atoms with Crippen molar-refractivity contribution in [2.45, 2.75) is 70.8 Å². The molecule has 3 aliphatic rings. The molecule has 154 valence electrons. The Bertz CT molecular complexity index is 733. The number of rotatable bonds is 6. The van der Waals surface area contributed by atoms with E-state index < -0.39 is 0 Å². The molecule has 0 radical (unpaired) electrons. The van der Waals surface area contributed by atoms with Crippen molar-refractivity contribution in [1.82, 2.24) is 5.32 Å². The first kappa shape index (κ1) is 19.9. The average molecular weight is 386 g/mol. The van der Waals surface area contributed by atoms with Crippen LogP contribution in [0.4, 0.5) is 0 Å². The highest BCUT2D eigenvalue weighted by Gasteiger charge is 2.57. The smallest absolute Gasteiger partial charge is 0.146 e. The summed E-state index contributed by atoms with van der Waals surface area (Å²) in [6.07, 6.45) is 6.42. The van der Waals surface area contributed by atoms with Crippen LogP contribution in [-0.4, -0.2) is 35.2 Å². The summed E-state index contributed by atoms with van der Waals surface area (Å²) in [6.45, 7) is 5.67. The van der Waals surface area contributed by atoms with E-state index in [-0.39, 0.29) is 23.2 Å². The van der Waals surface area contributed by atoms with E-state index in [9.17, 15) is 15.0 Å². The first-order valence-electron chi connectivity index (χ1n) is 11.2. The van der Waals surface area contributed by atoms with Gasteiger partial charge in [0.15, 0.2) is 0 Å². The molecule has 3 N–H and O–H groups in total. The van der Waals surface area contributed by atoms with E-state index in [1.54, 1.807) is 0 Å². The number of hydrogen-bond donors (Lipinski definition) is 3. The van der Waals surface area contributed by atoms with Gasteiger partial charge in [0.1, 0.15) is 11.5 Å². The van der Waals surface area contributed by atoms with Crippen molar-refractivity contribution >= 4 is 5.78 Å². The molecule has 2 fully saturated rings. The van der Waals surface area contributed by atoms with E-state index in [4.69, 9.17) is 0 Å². The van der Waals surface area contributed by atoms with Crippen LogP contribution >= 0.6 is 0 Å². The number of hydrogen-bond acceptors (Lipinski definition) is 4. The van der Waals surface area contributed by atoms with Gasteiger partial charge in [0.2, 0.25) is 0 Å². The number of aromatic hydroxyl groups is 1. The monoisotopic (exact) mass is 385 g/mol. The summed E-state index contributed by atoms with van der Waals surface area (Å²) in [7, 11) is 0. The molecule has 0 aliphatic heterocycles. The third-order valence-corrected chi connectivity index (χ3v) is 8.07. The maximum Gasteiger partial charge on any atom is 0.146 e. The zero-order valence-corrected chi connectivity index (χ0v) is 17.3. The Morgan fingerprint density at radius 2 is 2.14 bits per heavy atom. The highest BCUT2D eigenvalue weighted by atomic mass is 16.3. The number of Topliss-reactive ketones (excluding diaryl/α,β-unsaturated/α-hetero) is 1. The number of carbonyl (C=O) groups is 1. The van der Waals surface area contributed by atoms with Crippen LogP contribution < -0.4 is 5.32 Å². The van der Waals surface area contributed by atoms with Crippen molar-refractivity contribution in [3.05, 3.63) is 29.3 Å². The van der Waals surface area contributed by atoms with E-state index in [0.29, 0.717) is 36.5 Å². The Morgan fingerprint density at radius 1 is 1.32 bits per heavy atom. The summed E-state index contributed by atoms with van der Waals surface area (Å²) < 4.78 is 0. The van der Waals surface area contributed by atoms with Gasteiger partial charge >= 0.3 is 0 Å². The molecule has 6 atom stereocenters. The molecule has 1 aromatic rings. The lowest BCUT2D eigenvalue weighted by Gasteiger charge is -2.50. The quantitative estimate of drug-likeness (QED) is 0.652. The van der Waals surface area contributed by atoms with Gasteiger partial charge in [-0.2, -0.15) is 0 Å². The Kier molecular flexibility index (Phi) is 5.54. The number of nitrogens with one attached hydrogen (secondary N) is 1. The highest BCUT2D eigenvalue weighted by Crippen LogP contribution is 2.62. The molecule has 3 aliphatic carbocycles. The molecule has 0 amide bonds. The van der Waals surface area contributed by atoms with Gasteiger partial charge in [0, 0.05) is 6.42 Å². The molecule has 4 nitrogen and oxygen atoms in total. The summed E-state index contributed by atoms with van der Waals surface area (Å²) >= 11 is 0. The molecular weight excluding hydrogens is 350 g/mol. The lowest BCUT2D eigenvalue weighted by atomic mass is 9.55. The average Bonchev–Trinajstić information content (AvgIpc) is 2.92. The molecule has 0 spiro atoms. The number of fused-ring (bicyclic) bond motifs is 5. The van der Waals surface area contributed by atoms with Crippen LogP contribution in [0.5, 0.6) is 5.75 Å². The predicted octanol–water partition coefficient (Wildman–Crippen LogP) is 3.79. The molecule has 28 heavy (non-hydrogen) atoms. The first-order valence-corrected chi connectivity index (χ1v) is 11.2. The van der Waals surface area contributed by atoms with Gasteiger partial charge in [-0.1, -0.05) is 19.9 Å². The molecule has 4 heteroatoms. The maximum atomic E-state index is 12.4. The Balaban J connectivity index is 1.49.